The Hall–Kier alpha value is -3.35. The average Bonchev–Trinajstić information content (AvgIpc) is 2.42. The third-order valence-electron chi connectivity index (χ3n) is 3.16. The van der Waals surface area contributed by atoms with Gasteiger partial charge in [0, 0.05) is 18.2 Å². The molecule has 3 rings (SSSR count). The normalized spacial score (nSPS) is 10.4. The van der Waals surface area contributed by atoms with E-state index in [4.69, 9.17) is 4.42 Å². The van der Waals surface area contributed by atoms with Crippen molar-refractivity contribution in [1.82, 2.24) is 0 Å². The zero-order valence-corrected chi connectivity index (χ0v) is 10.9. The molecular formula is C16H14O7. The molecule has 0 aliphatic rings. The molecule has 1 aromatic heterocycles. The standard InChI is InChI=1S/C15H10O7.CH4/c16-6-1-2-8(9(18)3-6)15-14(21)13(20)12-10(19)4-7(17)5-11(12)22-15;/h1-5,16-19,21H;1H4. The van der Waals surface area contributed by atoms with E-state index in [-0.39, 0.29) is 41.2 Å². The molecule has 5 N–H and O–H groups in total. The highest BCUT2D eigenvalue weighted by atomic mass is 16.4. The molecule has 0 fully saturated rings. The molecule has 0 unspecified atom stereocenters. The number of phenols is 4. The van der Waals surface area contributed by atoms with Crippen LogP contribution in [0.2, 0.25) is 0 Å². The summed E-state index contributed by atoms with van der Waals surface area (Å²) in [5, 5.41) is 47.9. The van der Waals surface area contributed by atoms with E-state index in [0.717, 1.165) is 18.2 Å². The number of fused-ring (bicyclic) bond motifs is 1. The second kappa shape index (κ2) is 5.45. The predicted molar refractivity (Wildman–Crippen MR) is 83.0 cm³/mol. The third-order valence-corrected chi connectivity index (χ3v) is 3.16. The van der Waals surface area contributed by atoms with E-state index in [9.17, 15) is 30.3 Å². The van der Waals surface area contributed by atoms with Gasteiger partial charge >= 0.3 is 0 Å². The summed E-state index contributed by atoms with van der Waals surface area (Å²) in [6.07, 6.45) is 0. The maximum atomic E-state index is 12.2. The van der Waals surface area contributed by atoms with Crippen LogP contribution in [0.15, 0.2) is 39.5 Å². The summed E-state index contributed by atoms with van der Waals surface area (Å²) < 4.78 is 5.33. The van der Waals surface area contributed by atoms with E-state index >= 15 is 0 Å². The van der Waals surface area contributed by atoms with Crippen molar-refractivity contribution in [3.05, 3.63) is 40.6 Å². The Labute approximate surface area is 129 Å². The first kappa shape index (κ1) is 16.0. The molecule has 0 amide bonds. The Morgan fingerprint density at radius 1 is 0.826 bits per heavy atom. The Kier molecular flexibility index (Phi) is 3.80. The van der Waals surface area contributed by atoms with Crippen LogP contribution in [0.3, 0.4) is 0 Å². The monoisotopic (exact) mass is 318 g/mol. The molecule has 0 bridgehead atoms. The zero-order valence-electron chi connectivity index (χ0n) is 10.9. The van der Waals surface area contributed by atoms with Gasteiger partial charge in [0.1, 0.15) is 34.0 Å². The highest BCUT2D eigenvalue weighted by molar-refractivity contribution is 5.88. The van der Waals surface area contributed by atoms with Gasteiger partial charge in [0.15, 0.2) is 5.76 Å². The van der Waals surface area contributed by atoms with Crippen molar-refractivity contribution in [3.63, 3.8) is 0 Å². The van der Waals surface area contributed by atoms with Crippen LogP contribution in [0, 0.1) is 0 Å². The summed E-state index contributed by atoms with van der Waals surface area (Å²) in [5.41, 5.74) is -1.11. The second-order valence-electron chi connectivity index (χ2n) is 4.65. The molecular weight excluding hydrogens is 304 g/mol. The van der Waals surface area contributed by atoms with Gasteiger partial charge in [0.2, 0.25) is 11.2 Å². The van der Waals surface area contributed by atoms with Crippen molar-refractivity contribution < 1.29 is 29.9 Å². The number of phenolic OH excluding ortho intramolecular Hbond substituents is 4. The molecule has 0 aliphatic heterocycles. The van der Waals surface area contributed by atoms with Crippen molar-refractivity contribution in [3.8, 4) is 40.1 Å². The summed E-state index contributed by atoms with van der Waals surface area (Å²) in [7, 11) is 0. The minimum Gasteiger partial charge on any atom is -0.508 e. The lowest BCUT2D eigenvalue weighted by Gasteiger charge is -2.09. The molecule has 7 heteroatoms. The molecule has 23 heavy (non-hydrogen) atoms. The van der Waals surface area contributed by atoms with Gasteiger partial charge in [-0.15, -0.1) is 0 Å². The molecule has 0 saturated heterocycles. The number of rotatable bonds is 1. The van der Waals surface area contributed by atoms with E-state index in [2.05, 4.69) is 0 Å². The van der Waals surface area contributed by atoms with Gasteiger partial charge < -0.3 is 29.9 Å². The largest absolute Gasteiger partial charge is 0.508 e. The molecule has 3 aromatic rings. The Morgan fingerprint density at radius 3 is 2.13 bits per heavy atom. The number of hydrogen-bond donors (Lipinski definition) is 5. The van der Waals surface area contributed by atoms with Crippen LogP contribution in [0.1, 0.15) is 7.43 Å². The molecule has 120 valence electrons. The lowest BCUT2D eigenvalue weighted by Crippen LogP contribution is -2.03. The maximum Gasteiger partial charge on any atom is 0.238 e. The van der Waals surface area contributed by atoms with Gasteiger partial charge in [0.25, 0.3) is 0 Å². The zero-order chi connectivity index (χ0) is 16.0. The molecule has 0 aliphatic carbocycles. The van der Waals surface area contributed by atoms with Crippen LogP contribution in [0.25, 0.3) is 22.3 Å². The Bertz CT molecular complexity index is 957. The SMILES string of the molecule is C.O=c1c(O)c(-c2ccc(O)cc2O)oc2cc(O)cc(O)c12. The van der Waals surface area contributed by atoms with Gasteiger partial charge in [0.05, 0.1) is 5.56 Å². The highest BCUT2D eigenvalue weighted by Crippen LogP contribution is 2.39. The molecule has 2 aromatic carbocycles. The lowest BCUT2D eigenvalue weighted by molar-refractivity contribution is 0.433. The number of benzene rings is 2. The van der Waals surface area contributed by atoms with Crippen LogP contribution in [-0.2, 0) is 0 Å². The predicted octanol–water partition coefficient (Wildman–Crippen LogP) is 2.62. The molecule has 1 heterocycles. The van der Waals surface area contributed by atoms with Crippen molar-refractivity contribution in [1.29, 1.82) is 0 Å². The van der Waals surface area contributed by atoms with Crippen LogP contribution >= 0.6 is 0 Å². The van der Waals surface area contributed by atoms with Crippen molar-refractivity contribution in [2.45, 2.75) is 7.43 Å². The Morgan fingerprint density at radius 2 is 1.48 bits per heavy atom. The first-order valence-electron chi connectivity index (χ1n) is 6.12. The molecule has 7 nitrogen and oxygen atoms in total. The first-order valence-corrected chi connectivity index (χ1v) is 6.12. The third kappa shape index (κ3) is 2.48. The van der Waals surface area contributed by atoms with Crippen LogP contribution in [0.4, 0.5) is 0 Å². The van der Waals surface area contributed by atoms with Crippen LogP contribution < -0.4 is 5.43 Å². The molecule has 0 saturated carbocycles. The summed E-state index contributed by atoms with van der Waals surface area (Å²) in [6, 6.07) is 5.53. The van der Waals surface area contributed by atoms with Crippen molar-refractivity contribution in [2.75, 3.05) is 0 Å². The second-order valence-corrected chi connectivity index (χ2v) is 4.65. The van der Waals surface area contributed by atoms with E-state index in [0.29, 0.717) is 0 Å². The van der Waals surface area contributed by atoms with Gasteiger partial charge in [-0.2, -0.15) is 0 Å². The summed E-state index contributed by atoms with van der Waals surface area (Å²) in [4.78, 5) is 12.2. The van der Waals surface area contributed by atoms with Crippen molar-refractivity contribution in [2.24, 2.45) is 0 Å². The molecule has 0 spiro atoms. The minimum absolute atomic E-state index is 0. The van der Waals surface area contributed by atoms with E-state index in [1.807, 2.05) is 0 Å². The minimum atomic E-state index is -0.916. The van der Waals surface area contributed by atoms with E-state index < -0.39 is 22.7 Å². The maximum absolute atomic E-state index is 12.2. The number of hydrogen-bond acceptors (Lipinski definition) is 7. The first-order chi connectivity index (χ1) is 10.4. The average molecular weight is 318 g/mol. The highest BCUT2D eigenvalue weighted by Gasteiger charge is 2.20. The van der Waals surface area contributed by atoms with Crippen LogP contribution in [0.5, 0.6) is 28.7 Å². The topological polar surface area (TPSA) is 131 Å². The molecule has 0 radical (unpaired) electrons. The quantitative estimate of drug-likeness (QED) is 0.466. The van der Waals surface area contributed by atoms with E-state index in [1.165, 1.54) is 12.1 Å². The summed E-state index contributed by atoms with van der Waals surface area (Å²) in [5.74, 6) is -2.66. The van der Waals surface area contributed by atoms with Gasteiger partial charge in [-0.25, -0.2) is 0 Å². The summed E-state index contributed by atoms with van der Waals surface area (Å²) in [6.45, 7) is 0. The van der Waals surface area contributed by atoms with Crippen molar-refractivity contribution >= 4 is 11.0 Å². The van der Waals surface area contributed by atoms with E-state index in [1.54, 1.807) is 0 Å². The fourth-order valence-corrected chi connectivity index (χ4v) is 2.17. The van der Waals surface area contributed by atoms with Gasteiger partial charge in [-0.3, -0.25) is 4.79 Å². The summed E-state index contributed by atoms with van der Waals surface area (Å²) >= 11 is 0. The Balaban J connectivity index is 0.00000192. The van der Waals surface area contributed by atoms with Gasteiger partial charge in [-0.1, -0.05) is 7.43 Å². The van der Waals surface area contributed by atoms with Gasteiger partial charge in [-0.05, 0) is 12.1 Å². The number of aromatic hydroxyl groups is 5. The van der Waals surface area contributed by atoms with Crippen LogP contribution in [-0.4, -0.2) is 25.5 Å². The fraction of sp³-hybridized carbons (Fsp3) is 0.0625. The smallest absolute Gasteiger partial charge is 0.238 e. The molecule has 0 atom stereocenters. The lowest BCUT2D eigenvalue weighted by atomic mass is 10.1. The fourth-order valence-electron chi connectivity index (χ4n) is 2.17.